The summed E-state index contributed by atoms with van der Waals surface area (Å²) in [5.74, 6) is 0.296. The molecule has 0 aromatic rings. The van der Waals surface area contributed by atoms with Crippen molar-refractivity contribution in [1.82, 2.24) is 4.31 Å². The average molecular weight is 376 g/mol. The molecule has 150 valence electrons. The summed E-state index contributed by atoms with van der Waals surface area (Å²) < 4.78 is 27.1. The number of hydrogen-bond acceptors (Lipinski definition) is 2. The van der Waals surface area contributed by atoms with Crippen molar-refractivity contribution in [3.8, 4) is 0 Å². The molecule has 0 saturated carbocycles. The van der Waals surface area contributed by atoms with Crippen LogP contribution in [0, 0.1) is 0 Å². The minimum atomic E-state index is -3.09. The van der Waals surface area contributed by atoms with Crippen molar-refractivity contribution in [2.75, 3.05) is 46.5 Å². The van der Waals surface area contributed by atoms with E-state index < -0.39 is 10.0 Å². The summed E-state index contributed by atoms with van der Waals surface area (Å²) in [5, 5.41) is 0. The second-order valence-corrected chi connectivity index (χ2v) is 10.1. The van der Waals surface area contributed by atoms with Gasteiger partial charge >= 0.3 is 0 Å². The Bertz CT molecular complexity index is 433. The van der Waals surface area contributed by atoms with Crippen LogP contribution in [0.25, 0.3) is 0 Å². The van der Waals surface area contributed by atoms with Gasteiger partial charge in [0.25, 0.3) is 0 Å². The number of quaternary nitrogens is 1. The highest BCUT2D eigenvalue weighted by atomic mass is 32.2. The van der Waals surface area contributed by atoms with E-state index in [0.29, 0.717) is 12.3 Å². The zero-order chi connectivity index (χ0) is 19.2. The minimum absolute atomic E-state index is 0.296. The standard InChI is InChI=1S/C20H43N2O2S/c1-6-8-9-10-11-12-13-14-15-20-25(23,24)21(3)17-16-19-22(4,5)18-7-2/h7H,2,6,8-20H2,1,3-5H3/q+1. The molecule has 0 saturated heterocycles. The molecule has 25 heavy (non-hydrogen) atoms. The van der Waals surface area contributed by atoms with Crippen LogP contribution in [-0.4, -0.2) is 63.7 Å². The van der Waals surface area contributed by atoms with E-state index in [9.17, 15) is 8.42 Å². The van der Waals surface area contributed by atoms with E-state index >= 15 is 0 Å². The molecule has 0 unspecified atom stereocenters. The summed E-state index contributed by atoms with van der Waals surface area (Å²) in [7, 11) is 2.93. The number of likely N-dealkylation sites (N-methyl/N-ethyl adjacent to an activating group) is 1. The summed E-state index contributed by atoms with van der Waals surface area (Å²) in [4.78, 5) is 0. The number of nitrogens with zero attached hydrogens (tertiary/aromatic N) is 2. The van der Waals surface area contributed by atoms with Crippen molar-refractivity contribution in [2.45, 2.75) is 71.1 Å². The Morgan fingerprint density at radius 2 is 1.44 bits per heavy atom. The molecular weight excluding hydrogens is 332 g/mol. The Hall–Kier alpha value is -0.390. The number of rotatable bonds is 17. The second-order valence-electron chi connectivity index (χ2n) is 7.95. The first-order valence-corrected chi connectivity index (χ1v) is 11.7. The summed E-state index contributed by atoms with van der Waals surface area (Å²) in [6, 6.07) is 0. The molecule has 0 aliphatic rings. The normalized spacial score (nSPS) is 12.7. The van der Waals surface area contributed by atoms with Crippen molar-refractivity contribution in [1.29, 1.82) is 0 Å². The lowest BCUT2D eigenvalue weighted by atomic mass is 10.1. The molecular formula is C20H43N2O2S+. The first kappa shape index (κ1) is 24.6. The van der Waals surface area contributed by atoms with Crippen molar-refractivity contribution in [3.63, 3.8) is 0 Å². The van der Waals surface area contributed by atoms with Gasteiger partial charge in [-0.25, -0.2) is 12.7 Å². The maximum absolute atomic E-state index is 12.3. The average Bonchev–Trinajstić information content (AvgIpc) is 2.52. The summed E-state index contributed by atoms with van der Waals surface area (Å²) in [6.07, 6.45) is 13.6. The zero-order valence-electron chi connectivity index (χ0n) is 17.3. The predicted molar refractivity (Wildman–Crippen MR) is 110 cm³/mol. The largest absolute Gasteiger partial charge is 0.325 e. The van der Waals surface area contributed by atoms with E-state index in [-0.39, 0.29) is 0 Å². The van der Waals surface area contributed by atoms with Gasteiger partial charge in [0.1, 0.15) is 0 Å². The van der Waals surface area contributed by atoms with Crippen LogP contribution >= 0.6 is 0 Å². The summed E-state index contributed by atoms with van der Waals surface area (Å²) in [6.45, 7) is 8.50. The van der Waals surface area contributed by atoms with E-state index in [0.717, 1.165) is 36.8 Å². The lowest BCUT2D eigenvalue weighted by Crippen LogP contribution is -2.42. The van der Waals surface area contributed by atoms with Crippen LogP contribution < -0.4 is 0 Å². The quantitative estimate of drug-likeness (QED) is 0.214. The van der Waals surface area contributed by atoms with Crippen molar-refractivity contribution >= 4 is 10.0 Å². The lowest BCUT2D eigenvalue weighted by molar-refractivity contribution is -0.884. The molecule has 0 fully saturated rings. The van der Waals surface area contributed by atoms with Gasteiger partial charge in [-0.3, -0.25) is 0 Å². The van der Waals surface area contributed by atoms with Crippen LogP contribution in [0.2, 0.25) is 0 Å². The van der Waals surface area contributed by atoms with Crippen molar-refractivity contribution in [2.24, 2.45) is 0 Å². The number of hydrogen-bond donors (Lipinski definition) is 0. The van der Waals surface area contributed by atoms with Gasteiger partial charge in [-0.1, -0.05) is 64.9 Å². The minimum Gasteiger partial charge on any atom is -0.325 e. The Balaban J connectivity index is 3.82. The van der Waals surface area contributed by atoms with E-state index in [1.165, 1.54) is 44.9 Å². The first-order chi connectivity index (χ1) is 11.7. The third-order valence-corrected chi connectivity index (χ3v) is 6.78. The van der Waals surface area contributed by atoms with Gasteiger partial charge in [0, 0.05) is 20.0 Å². The molecule has 5 heteroatoms. The monoisotopic (exact) mass is 375 g/mol. The molecule has 4 nitrogen and oxygen atoms in total. The fourth-order valence-electron chi connectivity index (χ4n) is 3.05. The summed E-state index contributed by atoms with van der Waals surface area (Å²) >= 11 is 0. The maximum Gasteiger partial charge on any atom is 0.213 e. The van der Waals surface area contributed by atoms with Gasteiger partial charge in [-0.15, -0.1) is 0 Å². The van der Waals surface area contributed by atoms with Gasteiger partial charge in [0.2, 0.25) is 10.0 Å². The molecule has 0 heterocycles. The molecule has 0 atom stereocenters. The third-order valence-electron chi connectivity index (χ3n) is 4.84. The number of unbranched alkanes of at least 4 members (excludes halogenated alkanes) is 8. The van der Waals surface area contributed by atoms with E-state index in [1.54, 1.807) is 11.4 Å². The SMILES string of the molecule is C=CC[N+](C)(C)CCCN(C)S(=O)(=O)CCCCCCCCCCC. The van der Waals surface area contributed by atoms with Crippen LogP contribution in [0.3, 0.4) is 0 Å². The highest BCUT2D eigenvalue weighted by Crippen LogP contribution is 2.11. The summed E-state index contributed by atoms with van der Waals surface area (Å²) in [5.41, 5.74) is 0. The Kier molecular flexibility index (Phi) is 13.6. The van der Waals surface area contributed by atoms with Crippen LogP contribution in [-0.2, 0) is 10.0 Å². The maximum atomic E-state index is 12.3. The van der Waals surface area contributed by atoms with Crippen molar-refractivity contribution in [3.05, 3.63) is 12.7 Å². The van der Waals surface area contributed by atoms with Gasteiger partial charge in [-0.05, 0) is 12.5 Å². The molecule has 0 bridgehead atoms. The zero-order valence-corrected chi connectivity index (χ0v) is 18.1. The Morgan fingerprint density at radius 1 is 0.920 bits per heavy atom. The van der Waals surface area contributed by atoms with Crippen LogP contribution in [0.15, 0.2) is 12.7 Å². The molecule has 0 aromatic carbocycles. The van der Waals surface area contributed by atoms with Crippen LogP contribution in [0.1, 0.15) is 71.1 Å². The predicted octanol–water partition coefficient (Wildman–Crippen LogP) is 4.43. The molecule has 0 N–H and O–H groups in total. The topological polar surface area (TPSA) is 37.4 Å². The van der Waals surface area contributed by atoms with Gasteiger partial charge in [0.15, 0.2) is 0 Å². The smallest absolute Gasteiger partial charge is 0.213 e. The van der Waals surface area contributed by atoms with Crippen molar-refractivity contribution < 1.29 is 12.9 Å². The van der Waals surface area contributed by atoms with Crippen LogP contribution in [0.4, 0.5) is 0 Å². The fourth-order valence-corrected chi connectivity index (χ4v) is 4.34. The lowest BCUT2D eigenvalue weighted by Gasteiger charge is -2.29. The van der Waals surface area contributed by atoms with E-state index in [1.807, 2.05) is 6.08 Å². The fraction of sp³-hybridized carbons (Fsp3) is 0.900. The molecule has 0 amide bonds. The first-order valence-electron chi connectivity index (χ1n) is 10.1. The third kappa shape index (κ3) is 13.5. The Labute approximate surface area is 157 Å². The second kappa shape index (κ2) is 13.8. The highest BCUT2D eigenvalue weighted by molar-refractivity contribution is 7.89. The molecule has 0 aliphatic carbocycles. The molecule has 0 aromatic heterocycles. The molecule has 0 rings (SSSR count). The van der Waals surface area contributed by atoms with E-state index in [2.05, 4.69) is 27.6 Å². The van der Waals surface area contributed by atoms with Crippen LogP contribution in [0.5, 0.6) is 0 Å². The van der Waals surface area contributed by atoms with Gasteiger partial charge < -0.3 is 4.48 Å². The molecule has 0 radical (unpaired) electrons. The van der Waals surface area contributed by atoms with E-state index in [4.69, 9.17) is 0 Å². The Morgan fingerprint density at radius 3 is 1.96 bits per heavy atom. The number of sulfonamides is 1. The van der Waals surface area contributed by atoms with Gasteiger partial charge in [-0.2, -0.15) is 0 Å². The molecule has 0 spiro atoms. The van der Waals surface area contributed by atoms with Gasteiger partial charge in [0.05, 0.1) is 32.9 Å². The highest BCUT2D eigenvalue weighted by Gasteiger charge is 2.19. The molecule has 0 aliphatic heterocycles.